The Kier molecular flexibility index (Phi) is 14.2. The lowest BCUT2D eigenvalue weighted by atomic mass is 9.95. The number of carbonyl (C=O) groups excluding carboxylic acids is 5. The van der Waals surface area contributed by atoms with Crippen LogP contribution in [0.25, 0.3) is 0 Å². The number of benzene rings is 2. The molecule has 0 heterocycles. The van der Waals surface area contributed by atoms with Crippen LogP contribution in [0.4, 0.5) is 9.59 Å². The van der Waals surface area contributed by atoms with Crippen LogP contribution in [0.3, 0.4) is 0 Å². The highest BCUT2D eigenvalue weighted by atomic mass is 16.6. The van der Waals surface area contributed by atoms with Gasteiger partial charge in [0.2, 0.25) is 17.7 Å². The average molecular weight is 670 g/mol. The van der Waals surface area contributed by atoms with E-state index in [1.165, 1.54) is 6.92 Å². The standard InChI is InChI=1S/C35H51N5O8/c1-21-15-26(41)16-22(2)27(21)18-28(40-33(46)48-35(7,8)9)31(44)38-23(3)30(43)36-19-25(17-24-13-11-10-12-14-24)39-29(42)20-37-32(45)47-34(4,5)6/h10-16,23,25,28,41H,17-20H2,1-9H3,(H,36,43)(H,37,45)(H,38,44)(H,39,42)(H,40,46)/t23-,25+,28+/m1/s1. The van der Waals surface area contributed by atoms with E-state index < -0.39 is 59.2 Å². The Hall–Kier alpha value is -4.81. The van der Waals surface area contributed by atoms with E-state index in [2.05, 4.69) is 26.6 Å². The molecule has 0 unspecified atom stereocenters. The van der Waals surface area contributed by atoms with Crippen LogP contribution in [0, 0.1) is 13.8 Å². The summed E-state index contributed by atoms with van der Waals surface area (Å²) in [6, 6.07) is 9.84. The van der Waals surface area contributed by atoms with Crippen LogP contribution in [0.1, 0.15) is 70.7 Å². The molecule has 13 nitrogen and oxygen atoms in total. The molecule has 48 heavy (non-hydrogen) atoms. The van der Waals surface area contributed by atoms with Gasteiger partial charge in [-0.25, -0.2) is 9.59 Å². The van der Waals surface area contributed by atoms with Crippen molar-refractivity contribution in [3.8, 4) is 5.75 Å². The summed E-state index contributed by atoms with van der Waals surface area (Å²) >= 11 is 0. The number of aromatic hydroxyl groups is 1. The summed E-state index contributed by atoms with van der Waals surface area (Å²) in [6.07, 6.45) is -1.06. The molecule has 2 aromatic rings. The molecule has 0 aliphatic carbocycles. The van der Waals surface area contributed by atoms with Gasteiger partial charge in [-0.1, -0.05) is 30.3 Å². The maximum Gasteiger partial charge on any atom is 0.408 e. The maximum absolute atomic E-state index is 13.5. The molecule has 2 aromatic carbocycles. The highest BCUT2D eigenvalue weighted by molar-refractivity contribution is 5.91. The Bertz CT molecular complexity index is 1410. The van der Waals surface area contributed by atoms with Crippen molar-refractivity contribution < 1.29 is 38.6 Å². The summed E-state index contributed by atoms with van der Waals surface area (Å²) in [5.41, 5.74) is 1.60. The quantitative estimate of drug-likeness (QED) is 0.188. The maximum atomic E-state index is 13.5. The molecule has 0 saturated carbocycles. The first-order valence-corrected chi connectivity index (χ1v) is 15.9. The fourth-order valence-electron chi connectivity index (χ4n) is 4.73. The van der Waals surface area contributed by atoms with E-state index in [1.54, 1.807) is 67.5 Å². The lowest BCUT2D eigenvalue weighted by molar-refractivity contribution is -0.129. The van der Waals surface area contributed by atoms with Crippen LogP contribution >= 0.6 is 0 Å². The van der Waals surface area contributed by atoms with Crippen molar-refractivity contribution in [2.24, 2.45) is 0 Å². The zero-order chi connectivity index (χ0) is 36.2. The molecular formula is C35H51N5O8. The van der Waals surface area contributed by atoms with E-state index in [4.69, 9.17) is 9.47 Å². The third kappa shape index (κ3) is 14.7. The van der Waals surface area contributed by atoms with Crippen molar-refractivity contribution in [3.05, 3.63) is 64.7 Å². The first kappa shape index (κ1) is 39.4. The number of hydrogen-bond donors (Lipinski definition) is 6. The Balaban J connectivity index is 2.11. The predicted octanol–water partition coefficient (Wildman–Crippen LogP) is 3.32. The van der Waals surface area contributed by atoms with E-state index in [9.17, 15) is 29.1 Å². The second kappa shape index (κ2) is 17.4. The number of aryl methyl sites for hydroxylation is 2. The molecule has 0 fully saturated rings. The van der Waals surface area contributed by atoms with Crippen molar-refractivity contribution in [2.45, 2.75) is 104 Å². The van der Waals surface area contributed by atoms with E-state index in [1.807, 2.05) is 30.3 Å². The summed E-state index contributed by atoms with van der Waals surface area (Å²) in [5.74, 6) is -1.53. The van der Waals surface area contributed by atoms with Gasteiger partial charge in [-0.2, -0.15) is 0 Å². The summed E-state index contributed by atoms with van der Waals surface area (Å²) in [5, 5.41) is 23.3. The van der Waals surface area contributed by atoms with Gasteiger partial charge in [-0.3, -0.25) is 14.4 Å². The van der Waals surface area contributed by atoms with Crippen LogP contribution in [0.5, 0.6) is 5.75 Å². The van der Waals surface area contributed by atoms with E-state index in [-0.39, 0.29) is 25.3 Å². The number of nitrogens with one attached hydrogen (secondary N) is 5. The highest BCUT2D eigenvalue weighted by Gasteiger charge is 2.28. The van der Waals surface area contributed by atoms with Gasteiger partial charge in [0.05, 0.1) is 6.04 Å². The fourth-order valence-corrected chi connectivity index (χ4v) is 4.73. The third-order valence-electron chi connectivity index (χ3n) is 6.85. The molecule has 0 spiro atoms. The number of rotatable bonds is 13. The monoisotopic (exact) mass is 669 g/mol. The normalized spacial score (nSPS) is 13.3. The number of hydrogen-bond acceptors (Lipinski definition) is 8. The minimum atomic E-state index is -1.10. The summed E-state index contributed by atoms with van der Waals surface area (Å²) in [6.45, 7) is 15.0. The number of phenols is 1. The van der Waals surface area contributed by atoms with Gasteiger partial charge in [0.1, 0.15) is 35.6 Å². The zero-order valence-corrected chi connectivity index (χ0v) is 29.4. The van der Waals surface area contributed by atoms with E-state index in [0.29, 0.717) is 6.42 Å². The van der Waals surface area contributed by atoms with Gasteiger partial charge < -0.3 is 41.2 Å². The second-order valence-corrected chi connectivity index (χ2v) is 13.7. The van der Waals surface area contributed by atoms with E-state index >= 15 is 0 Å². The van der Waals surface area contributed by atoms with Gasteiger partial charge in [0.15, 0.2) is 0 Å². The Morgan fingerprint density at radius 1 is 0.750 bits per heavy atom. The van der Waals surface area contributed by atoms with Crippen molar-refractivity contribution >= 4 is 29.9 Å². The van der Waals surface area contributed by atoms with Crippen molar-refractivity contribution in [1.29, 1.82) is 0 Å². The molecule has 13 heteroatoms. The number of ether oxygens (including phenoxy) is 2. The van der Waals surface area contributed by atoms with Crippen molar-refractivity contribution in [1.82, 2.24) is 26.6 Å². The summed E-state index contributed by atoms with van der Waals surface area (Å²) < 4.78 is 10.5. The molecule has 0 aliphatic heterocycles. The Morgan fingerprint density at radius 3 is 1.88 bits per heavy atom. The molecule has 264 valence electrons. The third-order valence-corrected chi connectivity index (χ3v) is 6.85. The largest absolute Gasteiger partial charge is 0.508 e. The van der Waals surface area contributed by atoms with E-state index in [0.717, 1.165) is 22.3 Å². The fraction of sp³-hybridized carbons (Fsp3) is 0.514. The van der Waals surface area contributed by atoms with Gasteiger partial charge in [-0.15, -0.1) is 0 Å². The van der Waals surface area contributed by atoms with Crippen LogP contribution in [-0.4, -0.2) is 77.4 Å². The molecule has 0 aliphatic rings. The molecule has 0 bridgehead atoms. The lowest BCUT2D eigenvalue weighted by Crippen LogP contribution is -2.55. The average Bonchev–Trinajstić information content (AvgIpc) is 2.94. The molecule has 6 N–H and O–H groups in total. The predicted molar refractivity (Wildman–Crippen MR) is 181 cm³/mol. The summed E-state index contributed by atoms with van der Waals surface area (Å²) in [4.78, 5) is 64.0. The number of amides is 5. The van der Waals surface area contributed by atoms with Gasteiger partial charge in [-0.05, 0) is 103 Å². The minimum Gasteiger partial charge on any atom is -0.508 e. The molecule has 5 amide bonds. The van der Waals surface area contributed by atoms with Gasteiger partial charge in [0, 0.05) is 13.0 Å². The summed E-state index contributed by atoms with van der Waals surface area (Å²) in [7, 11) is 0. The number of carbonyl (C=O) groups is 5. The lowest BCUT2D eigenvalue weighted by Gasteiger charge is -2.26. The van der Waals surface area contributed by atoms with Gasteiger partial charge in [0.25, 0.3) is 0 Å². The first-order valence-electron chi connectivity index (χ1n) is 15.9. The van der Waals surface area contributed by atoms with Crippen LogP contribution in [0.15, 0.2) is 42.5 Å². The Labute approximate surface area is 282 Å². The molecule has 0 saturated heterocycles. The van der Waals surface area contributed by atoms with Crippen molar-refractivity contribution in [2.75, 3.05) is 13.1 Å². The van der Waals surface area contributed by atoms with Crippen LogP contribution in [-0.2, 0) is 36.7 Å². The molecular weight excluding hydrogens is 618 g/mol. The number of alkyl carbamates (subject to hydrolysis) is 2. The highest BCUT2D eigenvalue weighted by Crippen LogP contribution is 2.22. The molecule has 0 aromatic heterocycles. The number of phenolic OH excluding ortho intramolecular Hbond substituents is 1. The molecule has 3 atom stereocenters. The van der Waals surface area contributed by atoms with Crippen LogP contribution < -0.4 is 26.6 Å². The van der Waals surface area contributed by atoms with Gasteiger partial charge >= 0.3 is 12.2 Å². The zero-order valence-electron chi connectivity index (χ0n) is 29.4. The minimum absolute atomic E-state index is 0.0254. The van der Waals surface area contributed by atoms with Crippen LogP contribution in [0.2, 0.25) is 0 Å². The molecule has 0 radical (unpaired) electrons. The smallest absolute Gasteiger partial charge is 0.408 e. The topological polar surface area (TPSA) is 184 Å². The van der Waals surface area contributed by atoms with Crippen molar-refractivity contribution in [3.63, 3.8) is 0 Å². The first-order chi connectivity index (χ1) is 22.2. The molecule has 2 rings (SSSR count). The second-order valence-electron chi connectivity index (χ2n) is 13.7. The Morgan fingerprint density at radius 2 is 1.31 bits per heavy atom. The SMILES string of the molecule is Cc1cc(O)cc(C)c1C[C@H](NC(=O)OC(C)(C)C)C(=O)N[C@H](C)C(=O)NC[C@H](Cc1ccccc1)NC(=O)CNC(=O)OC(C)(C)C.